The normalized spacial score (nSPS) is 19.4. The van der Waals surface area contributed by atoms with Gasteiger partial charge in [0.05, 0.1) is 5.88 Å². The average Bonchev–Trinajstić information content (AvgIpc) is 2.77. The lowest BCUT2D eigenvalue weighted by Crippen LogP contribution is -2.41. The number of carboxylic acid groups (broad SMARTS) is 1. The highest BCUT2D eigenvalue weighted by Gasteiger charge is 2.34. The third kappa shape index (κ3) is 2.56. The molecule has 0 radical (unpaired) electrons. The van der Waals surface area contributed by atoms with Crippen molar-refractivity contribution in [1.29, 1.82) is 0 Å². The van der Waals surface area contributed by atoms with Crippen molar-refractivity contribution in [2.75, 3.05) is 11.6 Å². The van der Waals surface area contributed by atoms with Crippen LogP contribution < -0.4 is 0 Å². The topological polar surface area (TPSA) is 57.6 Å². The summed E-state index contributed by atoms with van der Waals surface area (Å²) in [6, 6.07) is 5.79. The molecule has 1 aromatic rings. The van der Waals surface area contributed by atoms with Crippen LogP contribution in [0.25, 0.3) is 0 Å². The number of halogens is 1. The number of rotatable bonds is 2. The summed E-state index contributed by atoms with van der Waals surface area (Å²) >= 11 is 7.24. The predicted molar refractivity (Wildman–Crippen MR) is 66.4 cm³/mol. The van der Waals surface area contributed by atoms with Crippen molar-refractivity contribution in [3.05, 3.63) is 34.9 Å². The van der Waals surface area contributed by atoms with E-state index in [2.05, 4.69) is 0 Å². The molecule has 6 heteroatoms. The summed E-state index contributed by atoms with van der Waals surface area (Å²) in [5.74, 6) is -0.417. The van der Waals surface area contributed by atoms with Crippen molar-refractivity contribution < 1.29 is 14.7 Å². The zero-order valence-corrected chi connectivity index (χ0v) is 10.4. The minimum absolute atomic E-state index is 0.287. The Morgan fingerprint density at radius 2 is 2.24 bits per heavy atom. The van der Waals surface area contributed by atoms with Crippen LogP contribution in [0.1, 0.15) is 10.4 Å². The Bertz CT molecular complexity index is 466. The van der Waals surface area contributed by atoms with Crippen molar-refractivity contribution in [2.45, 2.75) is 6.04 Å². The van der Waals surface area contributed by atoms with Crippen LogP contribution in [0.3, 0.4) is 0 Å². The van der Waals surface area contributed by atoms with Crippen molar-refractivity contribution in [1.82, 2.24) is 4.90 Å². The number of aliphatic carboxylic acids is 1. The summed E-state index contributed by atoms with van der Waals surface area (Å²) in [5, 5.41) is 9.47. The van der Waals surface area contributed by atoms with Crippen LogP contribution >= 0.6 is 23.4 Å². The van der Waals surface area contributed by atoms with Crippen molar-refractivity contribution in [3.63, 3.8) is 0 Å². The largest absolute Gasteiger partial charge is 0.480 e. The summed E-state index contributed by atoms with van der Waals surface area (Å²) in [7, 11) is 0. The Morgan fingerprint density at radius 1 is 1.47 bits per heavy atom. The van der Waals surface area contributed by atoms with E-state index >= 15 is 0 Å². The van der Waals surface area contributed by atoms with Gasteiger partial charge in [0.1, 0.15) is 6.04 Å². The first-order chi connectivity index (χ1) is 8.09. The molecule has 1 heterocycles. The molecule has 0 aromatic heterocycles. The molecular weight excluding hydrogens is 262 g/mol. The number of carbonyl (C=O) groups excluding carboxylic acids is 1. The number of hydrogen-bond donors (Lipinski definition) is 1. The minimum atomic E-state index is -0.967. The van der Waals surface area contributed by atoms with E-state index in [-0.39, 0.29) is 5.91 Å². The van der Waals surface area contributed by atoms with Gasteiger partial charge in [-0.15, -0.1) is 11.8 Å². The molecule has 0 aliphatic carbocycles. The summed E-state index contributed by atoms with van der Waals surface area (Å²) in [6.45, 7) is 0. The average molecular weight is 272 g/mol. The van der Waals surface area contributed by atoms with Crippen molar-refractivity contribution in [2.24, 2.45) is 0 Å². The van der Waals surface area contributed by atoms with Crippen LogP contribution in [0.5, 0.6) is 0 Å². The predicted octanol–water partition coefficient (Wildman–Crippen LogP) is 1.94. The molecule has 17 heavy (non-hydrogen) atoms. The maximum atomic E-state index is 12.1. The van der Waals surface area contributed by atoms with Gasteiger partial charge in [-0.05, 0) is 18.2 Å². The summed E-state index contributed by atoms with van der Waals surface area (Å²) < 4.78 is 0. The van der Waals surface area contributed by atoms with Gasteiger partial charge >= 0.3 is 5.97 Å². The Morgan fingerprint density at radius 3 is 2.88 bits per heavy atom. The molecule has 0 saturated carbocycles. The van der Waals surface area contributed by atoms with Crippen molar-refractivity contribution >= 4 is 35.2 Å². The molecule has 1 atom stereocenters. The first kappa shape index (κ1) is 12.3. The molecule has 1 aliphatic heterocycles. The maximum Gasteiger partial charge on any atom is 0.327 e. The van der Waals surface area contributed by atoms with Crippen LogP contribution in [0.2, 0.25) is 5.02 Å². The molecule has 1 saturated heterocycles. The molecule has 0 bridgehead atoms. The zero-order chi connectivity index (χ0) is 12.4. The number of hydrogen-bond acceptors (Lipinski definition) is 3. The molecule has 1 amide bonds. The number of thioether (sulfide) groups is 1. The van der Waals surface area contributed by atoms with E-state index in [0.717, 1.165) is 0 Å². The highest BCUT2D eigenvalue weighted by molar-refractivity contribution is 7.99. The first-order valence-corrected chi connectivity index (χ1v) is 6.50. The fourth-order valence-corrected chi connectivity index (χ4v) is 2.97. The second kappa shape index (κ2) is 4.98. The number of carboxylic acids is 1. The zero-order valence-electron chi connectivity index (χ0n) is 8.80. The van der Waals surface area contributed by atoms with Gasteiger partial charge in [0.25, 0.3) is 5.91 Å². The quantitative estimate of drug-likeness (QED) is 0.893. The molecular formula is C11H10ClNO3S. The number of benzene rings is 1. The van der Waals surface area contributed by atoms with Gasteiger partial charge < -0.3 is 10.0 Å². The van der Waals surface area contributed by atoms with Gasteiger partial charge in [0.15, 0.2) is 0 Å². The standard InChI is InChI=1S/C11H10ClNO3S/c12-8-3-1-2-7(4-8)10(14)13-6-17-5-9(13)11(15)16/h1-4,9H,5-6H2,(H,15,16)/t9-/m0/s1. The fraction of sp³-hybridized carbons (Fsp3) is 0.273. The Hall–Kier alpha value is -1.20. The molecule has 4 nitrogen and oxygen atoms in total. The first-order valence-electron chi connectivity index (χ1n) is 4.96. The molecule has 1 aromatic carbocycles. The van der Waals surface area contributed by atoms with Crippen LogP contribution in [0.4, 0.5) is 0 Å². The van der Waals surface area contributed by atoms with Crippen LogP contribution in [-0.2, 0) is 4.79 Å². The van der Waals surface area contributed by atoms with Gasteiger partial charge in [-0.1, -0.05) is 17.7 Å². The lowest BCUT2D eigenvalue weighted by atomic mass is 10.2. The van der Waals surface area contributed by atoms with Gasteiger partial charge in [0, 0.05) is 16.3 Å². The lowest BCUT2D eigenvalue weighted by Gasteiger charge is -2.20. The summed E-state index contributed by atoms with van der Waals surface area (Å²) in [4.78, 5) is 24.4. The highest BCUT2D eigenvalue weighted by atomic mass is 35.5. The molecule has 2 rings (SSSR count). The number of amides is 1. The Balaban J connectivity index is 2.23. The van der Waals surface area contributed by atoms with Gasteiger partial charge in [0.2, 0.25) is 0 Å². The SMILES string of the molecule is O=C(O)[C@@H]1CSCN1C(=O)c1cccc(Cl)c1. The van der Waals surface area contributed by atoms with Crippen molar-refractivity contribution in [3.8, 4) is 0 Å². The molecule has 1 aliphatic rings. The number of nitrogens with zero attached hydrogens (tertiary/aromatic N) is 1. The monoisotopic (exact) mass is 271 g/mol. The third-order valence-corrected chi connectivity index (χ3v) is 3.75. The second-order valence-corrected chi connectivity index (χ2v) is 5.08. The summed E-state index contributed by atoms with van der Waals surface area (Å²) in [6.07, 6.45) is 0. The third-order valence-electron chi connectivity index (χ3n) is 2.50. The smallest absolute Gasteiger partial charge is 0.327 e. The molecule has 90 valence electrons. The second-order valence-electron chi connectivity index (χ2n) is 3.64. The fourth-order valence-electron chi connectivity index (χ4n) is 1.63. The van der Waals surface area contributed by atoms with Gasteiger partial charge in [-0.2, -0.15) is 0 Å². The van der Waals surface area contributed by atoms with E-state index in [4.69, 9.17) is 16.7 Å². The van der Waals surface area contributed by atoms with E-state index < -0.39 is 12.0 Å². The van der Waals surface area contributed by atoms with Gasteiger partial charge in [-0.25, -0.2) is 4.79 Å². The molecule has 0 spiro atoms. The highest BCUT2D eigenvalue weighted by Crippen LogP contribution is 2.24. The lowest BCUT2D eigenvalue weighted by molar-refractivity contribution is -0.140. The van der Waals surface area contributed by atoms with Gasteiger partial charge in [-0.3, -0.25) is 4.79 Å². The minimum Gasteiger partial charge on any atom is -0.480 e. The van der Waals surface area contributed by atoms with E-state index in [1.54, 1.807) is 24.3 Å². The van der Waals surface area contributed by atoms with Crippen LogP contribution in [0, 0.1) is 0 Å². The Kier molecular flexibility index (Phi) is 3.59. The molecule has 1 N–H and O–H groups in total. The maximum absolute atomic E-state index is 12.1. The van der Waals surface area contributed by atoms with E-state index in [1.807, 2.05) is 0 Å². The van der Waals surface area contributed by atoms with E-state index in [1.165, 1.54) is 16.7 Å². The molecule has 0 unspecified atom stereocenters. The Labute approximate surface area is 108 Å². The van der Waals surface area contributed by atoms with Crippen LogP contribution in [0.15, 0.2) is 24.3 Å². The summed E-state index contributed by atoms with van der Waals surface area (Å²) in [5.41, 5.74) is 0.422. The van der Waals surface area contributed by atoms with E-state index in [9.17, 15) is 9.59 Å². The number of carbonyl (C=O) groups is 2. The molecule has 1 fully saturated rings. The van der Waals surface area contributed by atoms with E-state index in [0.29, 0.717) is 22.2 Å². The van der Waals surface area contributed by atoms with Crippen LogP contribution in [-0.4, -0.2) is 39.6 Å².